The van der Waals surface area contributed by atoms with Crippen LogP contribution < -0.4 is 14.2 Å². The lowest BCUT2D eigenvalue weighted by Gasteiger charge is -2.27. The molecule has 25 heavy (non-hydrogen) atoms. The van der Waals surface area contributed by atoms with Crippen LogP contribution >= 0.6 is 0 Å². The maximum atomic E-state index is 12.7. The zero-order valence-electron chi connectivity index (χ0n) is 14.1. The first-order chi connectivity index (χ1) is 12.2. The molecule has 0 spiro atoms. The van der Waals surface area contributed by atoms with Crippen LogP contribution in [0, 0.1) is 0 Å². The molecule has 4 nitrogen and oxygen atoms in total. The molecule has 0 aliphatic carbocycles. The van der Waals surface area contributed by atoms with Crippen molar-refractivity contribution in [2.24, 2.45) is 0 Å². The van der Waals surface area contributed by atoms with E-state index in [-0.39, 0.29) is 18.3 Å². The molecule has 0 fully saturated rings. The molecule has 0 unspecified atom stereocenters. The maximum absolute atomic E-state index is 12.7. The largest absolute Gasteiger partial charge is 0.496 e. The average Bonchev–Trinajstić information content (AvgIpc) is 2.66. The molecule has 1 aliphatic rings. The van der Waals surface area contributed by atoms with Gasteiger partial charge >= 0.3 is 0 Å². The van der Waals surface area contributed by atoms with E-state index in [1.54, 1.807) is 19.2 Å². The van der Waals surface area contributed by atoms with E-state index >= 15 is 0 Å². The van der Waals surface area contributed by atoms with Crippen molar-refractivity contribution in [3.05, 3.63) is 65.7 Å². The number of ether oxygens (including phenoxy) is 3. The van der Waals surface area contributed by atoms with Gasteiger partial charge in [0.15, 0.2) is 5.78 Å². The highest BCUT2D eigenvalue weighted by molar-refractivity contribution is 6.03. The number of carbonyl (C=O) groups excluding carboxylic acids is 1. The van der Waals surface area contributed by atoms with E-state index in [2.05, 4.69) is 24.3 Å². The van der Waals surface area contributed by atoms with Crippen molar-refractivity contribution < 1.29 is 19.0 Å². The van der Waals surface area contributed by atoms with Gasteiger partial charge in [-0.25, -0.2) is 0 Å². The summed E-state index contributed by atoms with van der Waals surface area (Å²) in [6.45, 7) is 0. The first-order valence-corrected chi connectivity index (χ1v) is 8.14. The first kappa shape index (κ1) is 15.5. The van der Waals surface area contributed by atoms with Gasteiger partial charge in [-0.2, -0.15) is 0 Å². The predicted molar refractivity (Wildman–Crippen MR) is 95.8 cm³/mol. The molecule has 0 N–H and O–H groups in total. The molecular formula is C21H18O4. The van der Waals surface area contributed by atoms with Gasteiger partial charge < -0.3 is 14.2 Å². The minimum absolute atomic E-state index is 0.0129. The molecule has 0 aromatic heterocycles. The monoisotopic (exact) mass is 334 g/mol. The summed E-state index contributed by atoms with van der Waals surface area (Å²) in [6, 6.07) is 17.7. The van der Waals surface area contributed by atoms with Crippen LogP contribution in [-0.4, -0.2) is 20.0 Å². The SMILES string of the molecule is COc1cc(OC)c2c(c1)O[C@@H](c1ccc3ccccc3c1)CC2=O. The van der Waals surface area contributed by atoms with Crippen molar-refractivity contribution in [1.29, 1.82) is 0 Å². The van der Waals surface area contributed by atoms with E-state index in [1.807, 2.05) is 18.2 Å². The number of ketones is 1. The molecular weight excluding hydrogens is 316 g/mol. The third-order valence-corrected chi connectivity index (χ3v) is 4.56. The van der Waals surface area contributed by atoms with Crippen molar-refractivity contribution in [3.8, 4) is 17.2 Å². The van der Waals surface area contributed by atoms with Gasteiger partial charge in [0.1, 0.15) is 28.9 Å². The zero-order valence-corrected chi connectivity index (χ0v) is 14.1. The Labute approximate surface area is 145 Å². The number of methoxy groups -OCH3 is 2. The number of rotatable bonds is 3. The van der Waals surface area contributed by atoms with Crippen LogP contribution in [0.1, 0.15) is 28.4 Å². The van der Waals surface area contributed by atoms with Gasteiger partial charge in [-0.3, -0.25) is 4.79 Å². The highest BCUT2D eigenvalue weighted by atomic mass is 16.5. The highest BCUT2D eigenvalue weighted by Crippen LogP contribution is 2.42. The van der Waals surface area contributed by atoms with Gasteiger partial charge in [0, 0.05) is 12.1 Å². The maximum Gasteiger partial charge on any atom is 0.174 e. The smallest absolute Gasteiger partial charge is 0.174 e. The Hall–Kier alpha value is -3.01. The fourth-order valence-electron chi connectivity index (χ4n) is 3.27. The third kappa shape index (κ3) is 2.70. The molecule has 1 heterocycles. The van der Waals surface area contributed by atoms with E-state index in [4.69, 9.17) is 14.2 Å². The lowest BCUT2D eigenvalue weighted by molar-refractivity contribution is 0.0844. The lowest BCUT2D eigenvalue weighted by Crippen LogP contribution is -2.21. The Morgan fingerprint density at radius 1 is 0.960 bits per heavy atom. The molecule has 0 saturated heterocycles. The second-order valence-electron chi connectivity index (χ2n) is 6.04. The summed E-state index contributed by atoms with van der Waals surface area (Å²) < 4.78 is 16.8. The fourth-order valence-corrected chi connectivity index (χ4v) is 3.27. The van der Waals surface area contributed by atoms with Gasteiger partial charge in [0.2, 0.25) is 0 Å². The summed E-state index contributed by atoms with van der Waals surface area (Å²) in [5.74, 6) is 1.60. The van der Waals surface area contributed by atoms with Crippen molar-refractivity contribution in [2.75, 3.05) is 14.2 Å². The van der Waals surface area contributed by atoms with Gasteiger partial charge in [-0.1, -0.05) is 36.4 Å². The number of Topliss-reactive ketones (excluding diaryl/α,β-unsaturated/α-hetero) is 1. The quantitative estimate of drug-likeness (QED) is 0.704. The van der Waals surface area contributed by atoms with Crippen molar-refractivity contribution in [1.82, 2.24) is 0 Å². The summed E-state index contributed by atoms with van der Waals surface area (Å²) >= 11 is 0. The standard InChI is InChI=1S/C21H18O4/c1-23-16-10-19(24-2)21-17(22)12-18(25-20(21)11-16)15-8-7-13-5-3-4-6-14(13)9-15/h3-11,18H,12H2,1-2H3/t18-/m1/s1. The zero-order chi connectivity index (χ0) is 17.4. The number of benzene rings is 3. The molecule has 4 rings (SSSR count). The van der Waals surface area contributed by atoms with Crippen LogP contribution in [0.4, 0.5) is 0 Å². The summed E-state index contributed by atoms with van der Waals surface area (Å²) in [5, 5.41) is 2.29. The van der Waals surface area contributed by atoms with Crippen LogP contribution in [0.2, 0.25) is 0 Å². The number of carbonyl (C=O) groups is 1. The average molecular weight is 334 g/mol. The summed E-state index contributed by atoms with van der Waals surface area (Å²) in [6.07, 6.45) is -0.0324. The van der Waals surface area contributed by atoms with E-state index in [0.717, 1.165) is 16.3 Å². The highest BCUT2D eigenvalue weighted by Gasteiger charge is 2.31. The van der Waals surface area contributed by atoms with Gasteiger partial charge in [-0.15, -0.1) is 0 Å². The van der Waals surface area contributed by atoms with Crippen molar-refractivity contribution in [3.63, 3.8) is 0 Å². The van der Waals surface area contributed by atoms with E-state index < -0.39 is 0 Å². The number of fused-ring (bicyclic) bond motifs is 2. The summed E-state index contributed by atoms with van der Waals surface area (Å²) in [7, 11) is 3.12. The Balaban J connectivity index is 1.76. The van der Waals surface area contributed by atoms with Gasteiger partial charge in [0.25, 0.3) is 0 Å². The van der Waals surface area contributed by atoms with Crippen LogP contribution in [0.3, 0.4) is 0 Å². The predicted octanol–water partition coefficient (Wildman–Crippen LogP) is 4.56. The van der Waals surface area contributed by atoms with Crippen LogP contribution in [0.15, 0.2) is 54.6 Å². The fraction of sp³-hybridized carbons (Fsp3) is 0.190. The minimum atomic E-state index is -0.318. The molecule has 0 radical (unpaired) electrons. The molecule has 1 atom stereocenters. The Morgan fingerprint density at radius 3 is 2.52 bits per heavy atom. The van der Waals surface area contributed by atoms with Crippen molar-refractivity contribution in [2.45, 2.75) is 12.5 Å². The molecule has 126 valence electrons. The normalized spacial score (nSPS) is 16.2. The second kappa shape index (κ2) is 6.13. The van der Waals surface area contributed by atoms with E-state index in [1.165, 1.54) is 7.11 Å². The van der Waals surface area contributed by atoms with Crippen LogP contribution in [-0.2, 0) is 0 Å². The molecule has 0 saturated carbocycles. The Kier molecular flexibility index (Phi) is 3.80. The number of hydrogen-bond donors (Lipinski definition) is 0. The Morgan fingerprint density at radius 2 is 1.76 bits per heavy atom. The third-order valence-electron chi connectivity index (χ3n) is 4.56. The molecule has 4 heteroatoms. The molecule has 0 amide bonds. The molecule has 1 aliphatic heterocycles. The van der Waals surface area contributed by atoms with E-state index in [0.29, 0.717) is 22.8 Å². The molecule has 3 aromatic carbocycles. The summed E-state index contributed by atoms with van der Waals surface area (Å²) in [4.78, 5) is 12.7. The van der Waals surface area contributed by atoms with E-state index in [9.17, 15) is 4.79 Å². The first-order valence-electron chi connectivity index (χ1n) is 8.14. The molecule has 3 aromatic rings. The molecule has 0 bridgehead atoms. The van der Waals surface area contributed by atoms with Crippen molar-refractivity contribution >= 4 is 16.6 Å². The second-order valence-corrected chi connectivity index (χ2v) is 6.04. The van der Waals surface area contributed by atoms with Gasteiger partial charge in [0.05, 0.1) is 20.6 Å². The van der Waals surface area contributed by atoms with Crippen LogP contribution in [0.5, 0.6) is 17.2 Å². The lowest BCUT2D eigenvalue weighted by atomic mass is 9.94. The number of hydrogen-bond acceptors (Lipinski definition) is 4. The minimum Gasteiger partial charge on any atom is -0.496 e. The van der Waals surface area contributed by atoms with Crippen LogP contribution in [0.25, 0.3) is 10.8 Å². The summed E-state index contributed by atoms with van der Waals surface area (Å²) in [5.41, 5.74) is 1.47. The Bertz CT molecular complexity index is 961. The van der Waals surface area contributed by atoms with Gasteiger partial charge in [-0.05, 0) is 22.4 Å². The topological polar surface area (TPSA) is 44.8 Å².